The summed E-state index contributed by atoms with van der Waals surface area (Å²) in [7, 11) is 6.00. The van der Waals surface area contributed by atoms with Crippen molar-refractivity contribution in [1.29, 1.82) is 0 Å². The third kappa shape index (κ3) is 452. The molecule has 0 aliphatic carbocycles. The van der Waals surface area contributed by atoms with Crippen molar-refractivity contribution in [3.05, 3.63) is 71.8 Å². The summed E-state index contributed by atoms with van der Waals surface area (Å²) >= 11 is 0. The molecule has 27 N–H and O–H groups in total. The summed E-state index contributed by atoms with van der Waals surface area (Å²) in [6.45, 7) is 68.4. The molecule has 0 radical (unpaired) electrons. The lowest BCUT2D eigenvalue weighted by Gasteiger charge is -2.24. The van der Waals surface area contributed by atoms with Crippen LogP contribution in [0.1, 0.15) is 208 Å². The monoisotopic (exact) mass is 1300 g/mol. The van der Waals surface area contributed by atoms with E-state index in [4.69, 9.17) is 53.1 Å². The highest BCUT2D eigenvalue weighted by Gasteiger charge is 2.11. The van der Waals surface area contributed by atoms with Crippen molar-refractivity contribution in [2.45, 2.75) is 216 Å². The maximum absolute atomic E-state index is 10.7. The number of nitrogens with two attached hydrogens (primary N) is 4. The van der Waals surface area contributed by atoms with Crippen molar-refractivity contribution in [2.75, 3.05) is 41.3 Å². The summed E-state index contributed by atoms with van der Waals surface area (Å²) in [4.78, 5) is 92.6. The van der Waals surface area contributed by atoms with Crippen LogP contribution in [0.4, 0.5) is 0 Å². The summed E-state index contributed by atoms with van der Waals surface area (Å²) in [5.41, 5.74) is 20.8. The van der Waals surface area contributed by atoms with E-state index in [1.807, 2.05) is 98.8 Å². The first-order chi connectivity index (χ1) is 39.7. The maximum Gasteiger partial charge on any atom is 0.219 e. The van der Waals surface area contributed by atoms with Gasteiger partial charge in [0.1, 0.15) is 67.9 Å². The third-order valence-electron chi connectivity index (χ3n) is 7.57. The Bertz CT molecular complexity index is 998. The number of carbonyl (C=O) groups excluding carboxylic acids is 11. The number of rotatable bonds is 6. The summed E-state index contributed by atoms with van der Waals surface area (Å²) in [6, 6.07) is 20.9. The minimum atomic E-state index is -0.167. The van der Waals surface area contributed by atoms with Gasteiger partial charge in [0.05, 0.1) is 0 Å². The fraction of sp³-hybridized carbons (Fsp3) is 0.652. The molecule has 0 saturated carbocycles. The molecule has 0 bridgehead atoms. The molecule has 1 amide bonds. The number of hydrogen-bond acceptors (Lipinski definition) is 22. The van der Waals surface area contributed by atoms with Crippen LogP contribution in [0.25, 0.3) is 0 Å². The van der Waals surface area contributed by atoms with E-state index in [0.29, 0.717) is 0 Å². The van der Waals surface area contributed by atoms with E-state index in [0.717, 1.165) is 55.5 Å². The summed E-state index contributed by atoms with van der Waals surface area (Å²) in [6.07, 6.45) is 11.0. The van der Waals surface area contributed by atoms with Crippen molar-refractivity contribution in [3.8, 4) is 0 Å². The lowest BCUT2D eigenvalue weighted by Crippen LogP contribution is -2.33. The molecule has 554 valence electrons. The smallest absolute Gasteiger partial charge is 0.219 e. The molecular formula is C66H163N11O12. The van der Waals surface area contributed by atoms with E-state index in [9.17, 15) is 4.79 Å². The summed E-state index contributed by atoms with van der Waals surface area (Å²) in [5.74, 6) is 4.60. The van der Waals surface area contributed by atoms with E-state index in [1.165, 1.54) is 84.3 Å². The normalized spacial score (nSPS) is 7.40. The van der Waals surface area contributed by atoms with Crippen LogP contribution in [0.15, 0.2) is 60.7 Å². The van der Waals surface area contributed by atoms with Crippen molar-refractivity contribution >= 4 is 73.8 Å². The predicted molar refractivity (Wildman–Crippen MR) is 399 cm³/mol. The first-order valence-electron chi connectivity index (χ1n) is 27.9. The van der Waals surface area contributed by atoms with Gasteiger partial charge >= 0.3 is 0 Å². The molecule has 89 heavy (non-hydrogen) atoms. The zero-order valence-corrected chi connectivity index (χ0v) is 63.5. The highest BCUT2D eigenvalue weighted by Crippen LogP contribution is 2.07. The molecule has 3 rings (SSSR count). The Morgan fingerprint density at radius 3 is 0.562 bits per heavy atom. The molecule has 0 spiro atoms. The molecule has 1 aliphatic rings. The van der Waals surface area contributed by atoms with Gasteiger partial charge < -0.3 is 118 Å². The minimum Gasteiger partial charge on any atom is -0.394 e. The highest BCUT2D eigenvalue weighted by molar-refractivity contribution is 5.73. The van der Waals surface area contributed by atoms with Gasteiger partial charge in [0, 0.05) is 26.1 Å². The van der Waals surface area contributed by atoms with Crippen molar-refractivity contribution in [2.24, 2.45) is 52.5 Å². The lowest BCUT2D eigenvalue weighted by molar-refractivity contribution is -0.129. The Hall–Kier alpha value is -5.83. The molecule has 23 heteroatoms. The van der Waals surface area contributed by atoms with E-state index in [1.54, 1.807) is 20.8 Å². The molecule has 1 fully saturated rings. The van der Waals surface area contributed by atoms with Gasteiger partial charge in [0.15, 0.2) is 0 Å². The molecule has 1 aliphatic heterocycles. The standard InChI is InChI=1S/2C8H10.C7H13NO.4C5H12.C4H10.C3H8O.C2H6.4CH5N.10CH2O.6H3N/c2*1-2-8-6-4-3-5-7-8;1-7(9)8-5-3-2-4-6-8;4*1-4-5(2)3;1-4(2)3;1-3(2)4;15*1-2;;;;;;/h2*3-7H,2H2,1H3;2-6H2,1H3;4*5H,4H2,1-3H3;4H,1-3H3;3-4H,1-2H3;1-2H3;4*2H2,1H3;10*1H2;6*1H3. The van der Waals surface area contributed by atoms with Crippen LogP contribution in [-0.2, 0) is 65.6 Å². The van der Waals surface area contributed by atoms with Crippen molar-refractivity contribution < 1.29 is 57.8 Å². The Kier molecular flexibility index (Phi) is 531. The number of carbonyl (C=O) groups is 11. The van der Waals surface area contributed by atoms with E-state index >= 15 is 0 Å². The van der Waals surface area contributed by atoms with Crippen LogP contribution < -0.4 is 59.8 Å². The number of aryl methyl sites for hydroxylation is 2. The molecule has 23 nitrogen and oxygen atoms in total. The average molecular weight is 1300 g/mol. The fourth-order valence-corrected chi connectivity index (χ4v) is 2.64. The number of piperidine rings is 1. The van der Waals surface area contributed by atoms with E-state index in [-0.39, 0.29) is 48.9 Å². The molecule has 2 aromatic rings. The van der Waals surface area contributed by atoms with Crippen LogP contribution in [-0.4, -0.2) is 131 Å². The number of likely N-dealkylation sites (tertiary alicyclic amines) is 1. The molecule has 1 heterocycles. The Balaban J connectivity index is -0.0000000184. The first kappa shape index (κ1) is 178. The van der Waals surface area contributed by atoms with Gasteiger partial charge in [0.25, 0.3) is 0 Å². The molecule has 0 aromatic heterocycles. The minimum absolute atomic E-state index is 0. The number of aliphatic hydroxyl groups is 1. The van der Waals surface area contributed by atoms with Gasteiger partial charge in [0.2, 0.25) is 5.91 Å². The lowest BCUT2D eigenvalue weighted by atomic mass is 10.1. The largest absolute Gasteiger partial charge is 0.394 e. The number of aliphatic hydroxyl groups excluding tert-OH is 1. The van der Waals surface area contributed by atoms with Crippen molar-refractivity contribution in [3.63, 3.8) is 0 Å². The fourth-order valence-electron chi connectivity index (χ4n) is 2.64. The van der Waals surface area contributed by atoms with E-state index < -0.39 is 0 Å². The van der Waals surface area contributed by atoms with E-state index in [2.05, 4.69) is 189 Å². The van der Waals surface area contributed by atoms with Gasteiger partial charge in [-0.15, -0.1) is 0 Å². The number of amides is 1. The molecule has 1 saturated heterocycles. The van der Waals surface area contributed by atoms with Gasteiger partial charge in [-0.25, -0.2) is 0 Å². The highest BCUT2D eigenvalue weighted by atomic mass is 16.3. The summed E-state index contributed by atoms with van der Waals surface area (Å²) in [5, 5.41) is 8.06. The first-order valence-corrected chi connectivity index (χ1v) is 27.9. The van der Waals surface area contributed by atoms with Gasteiger partial charge in [-0.2, -0.15) is 0 Å². The van der Waals surface area contributed by atoms with Crippen LogP contribution in [0.5, 0.6) is 0 Å². The predicted octanol–water partition coefficient (Wildman–Crippen LogP) is 14.2. The van der Waals surface area contributed by atoms with Gasteiger partial charge in [-0.3, -0.25) is 4.79 Å². The number of nitrogens with zero attached hydrogens (tertiary/aromatic N) is 1. The Morgan fingerprint density at radius 1 is 0.371 bits per heavy atom. The summed E-state index contributed by atoms with van der Waals surface area (Å²) < 4.78 is 0. The SMILES string of the molecule is C=O.C=O.C=O.C=O.C=O.C=O.C=O.C=O.C=O.C=O.CC.CC(=O)N1CCCCC1.CC(C)C.CC(C)O.CCC(C)C.CCC(C)C.CCC(C)C.CCC(C)C.CCc1ccccc1.CCc1ccccc1.CN.CN.CN.CN.N.N.N.N.N.N. The second kappa shape index (κ2) is 265. The van der Waals surface area contributed by atoms with Crippen molar-refractivity contribution in [1.82, 2.24) is 41.8 Å². The van der Waals surface area contributed by atoms with Crippen LogP contribution in [0.2, 0.25) is 0 Å². The quantitative estimate of drug-likeness (QED) is 0.128. The second-order valence-electron chi connectivity index (χ2n) is 16.3. The van der Waals surface area contributed by atoms with Crippen LogP contribution in [0, 0.1) is 29.6 Å². The van der Waals surface area contributed by atoms with Gasteiger partial charge in [-0.1, -0.05) is 218 Å². The number of benzene rings is 2. The molecular weight excluding hydrogens is 1140 g/mol. The van der Waals surface area contributed by atoms with Crippen LogP contribution in [0.3, 0.4) is 0 Å². The van der Waals surface area contributed by atoms with Crippen LogP contribution >= 0.6 is 0 Å². The zero-order chi connectivity index (χ0) is 72.6. The third-order valence-corrected chi connectivity index (χ3v) is 7.57. The topological polar surface area (TPSA) is 525 Å². The maximum atomic E-state index is 10.7. The molecule has 0 atom stereocenters. The zero-order valence-electron chi connectivity index (χ0n) is 63.5. The Morgan fingerprint density at radius 2 is 0.494 bits per heavy atom. The molecule has 2 aromatic carbocycles. The Labute approximate surface area is 553 Å². The average Bonchev–Trinajstić information content (AvgIpc) is 3.57. The number of hydrogen-bond donors (Lipinski definition) is 11. The molecule has 0 unspecified atom stereocenters. The second-order valence-corrected chi connectivity index (χ2v) is 16.3. The van der Waals surface area contributed by atoms with Gasteiger partial charge in [-0.05, 0) is 115 Å².